The number of ether oxygens (including phenoxy) is 1. The van der Waals surface area contributed by atoms with Gasteiger partial charge in [-0.1, -0.05) is 92.9 Å². The molecule has 0 aliphatic carbocycles. The normalized spacial score (nSPS) is 12.6. The molecule has 0 aliphatic heterocycles. The van der Waals surface area contributed by atoms with E-state index in [1.54, 1.807) is 52.0 Å². The minimum absolute atomic E-state index is 0.0523. The Hall–Kier alpha value is -4.33. The van der Waals surface area contributed by atoms with E-state index in [0.717, 1.165) is 30.4 Å². The maximum absolute atomic E-state index is 14.6. The molecular weight excluding hydrogens is 554 g/mol. The molecule has 0 saturated carbocycles. The Kier molecular flexibility index (Phi) is 12.4. The number of alkyl carbamates (subject to hydrolysis) is 1. The van der Waals surface area contributed by atoms with E-state index in [1.165, 1.54) is 4.90 Å². The summed E-state index contributed by atoms with van der Waals surface area (Å²) in [7, 11) is 0. The van der Waals surface area contributed by atoms with E-state index in [2.05, 4.69) is 17.6 Å². The van der Waals surface area contributed by atoms with Crippen molar-refractivity contribution in [2.45, 2.75) is 91.3 Å². The van der Waals surface area contributed by atoms with Crippen molar-refractivity contribution >= 4 is 23.6 Å². The summed E-state index contributed by atoms with van der Waals surface area (Å²) in [5.74, 6) is -0.953. The van der Waals surface area contributed by atoms with E-state index in [9.17, 15) is 19.5 Å². The molecule has 0 fully saturated rings. The fourth-order valence-corrected chi connectivity index (χ4v) is 5.04. The molecule has 3 aromatic carbocycles. The van der Waals surface area contributed by atoms with Gasteiger partial charge in [0.1, 0.15) is 23.4 Å². The predicted octanol–water partition coefficient (Wildman–Crippen LogP) is 7.23. The van der Waals surface area contributed by atoms with Gasteiger partial charge in [0.25, 0.3) is 5.91 Å². The number of nitrogens with one attached hydrogen (secondary N) is 2. The number of rotatable bonds is 13. The molecule has 2 unspecified atom stereocenters. The summed E-state index contributed by atoms with van der Waals surface area (Å²) >= 11 is 0. The number of aryl methyl sites for hydroxylation is 2. The molecule has 0 bridgehead atoms. The van der Waals surface area contributed by atoms with Crippen molar-refractivity contribution in [3.63, 3.8) is 0 Å². The molecule has 2 atom stereocenters. The molecule has 8 nitrogen and oxygen atoms in total. The Morgan fingerprint density at radius 3 is 2.18 bits per heavy atom. The van der Waals surface area contributed by atoms with E-state index in [4.69, 9.17) is 4.74 Å². The first-order chi connectivity index (χ1) is 20.9. The van der Waals surface area contributed by atoms with Crippen LogP contribution in [-0.2, 0) is 20.7 Å². The summed E-state index contributed by atoms with van der Waals surface area (Å²) in [5, 5.41) is 17.0. The highest BCUT2D eigenvalue weighted by atomic mass is 16.6. The smallest absolute Gasteiger partial charge is 0.408 e. The zero-order valence-corrected chi connectivity index (χ0v) is 26.9. The van der Waals surface area contributed by atoms with Crippen molar-refractivity contribution in [3.8, 4) is 5.75 Å². The monoisotopic (exact) mass is 601 g/mol. The summed E-state index contributed by atoms with van der Waals surface area (Å²) in [6.07, 6.45) is 2.94. The average Bonchev–Trinajstić information content (AvgIpc) is 2.96. The molecule has 3 amide bonds. The number of anilines is 1. The van der Waals surface area contributed by atoms with E-state index in [-0.39, 0.29) is 18.7 Å². The number of unbranched alkanes of at least 4 members (excludes halogenated alkanes) is 3. The van der Waals surface area contributed by atoms with Gasteiger partial charge >= 0.3 is 6.09 Å². The lowest BCUT2D eigenvalue weighted by Crippen LogP contribution is -2.53. The first-order valence-electron chi connectivity index (χ1n) is 15.4. The van der Waals surface area contributed by atoms with Crippen LogP contribution in [0.3, 0.4) is 0 Å². The summed E-state index contributed by atoms with van der Waals surface area (Å²) in [6.45, 7) is 11.3. The number of benzene rings is 3. The molecule has 0 saturated heterocycles. The van der Waals surface area contributed by atoms with E-state index in [1.807, 2.05) is 55.5 Å². The van der Waals surface area contributed by atoms with Crippen molar-refractivity contribution in [2.24, 2.45) is 0 Å². The van der Waals surface area contributed by atoms with Gasteiger partial charge in [-0.3, -0.25) is 9.59 Å². The van der Waals surface area contributed by atoms with Crippen molar-refractivity contribution in [2.75, 3.05) is 11.9 Å². The van der Waals surface area contributed by atoms with Crippen LogP contribution in [0.25, 0.3) is 0 Å². The summed E-state index contributed by atoms with van der Waals surface area (Å²) in [6, 6.07) is 19.8. The minimum Gasteiger partial charge on any atom is -0.507 e. The van der Waals surface area contributed by atoms with Crippen molar-refractivity contribution < 1.29 is 24.2 Å². The second-order valence-corrected chi connectivity index (χ2v) is 12.2. The van der Waals surface area contributed by atoms with E-state index < -0.39 is 35.6 Å². The maximum Gasteiger partial charge on any atom is 0.408 e. The molecule has 0 aliphatic rings. The fraction of sp³-hybridized carbons (Fsp3) is 0.417. The zero-order valence-electron chi connectivity index (χ0n) is 26.9. The Morgan fingerprint density at radius 1 is 0.864 bits per heavy atom. The highest BCUT2D eigenvalue weighted by molar-refractivity contribution is 5.99. The van der Waals surface area contributed by atoms with Crippen molar-refractivity contribution in [3.05, 3.63) is 95.1 Å². The Balaban J connectivity index is 2.11. The Bertz CT molecular complexity index is 1400. The minimum atomic E-state index is -1.16. The Morgan fingerprint density at radius 2 is 1.52 bits per heavy atom. The molecule has 236 valence electrons. The SMILES string of the molecule is CCCCCCN(C(=O)C(Cc1ccccc1)NC(=O)OC(C)(C)C)C(C(=O)Nc1ccccc1C)c1cccc(C)c1O. The lowest BCUT2D eigenvalue weighted by Gasteiger charge is -2.35. The van der Waals surface area contributed by atoms with Gasteiger partial charge in [-0.05, 0) is 63.8 Å². The Labute approximate surface area is 261 Å². The highest BCUT2D eigenvalue weighted by Gasteiger charge is 2.37. The third-order valence-electron chi connectivity index (χ3n) is 7.33. The van der Waals surface area contributed by atoms with Crippen LogP contribution in [0.4, 0.5) is 10.5 Å². The number of para-hydroxylation sites is 2. The van der Waals surface area contributed by atoms with Crippen molar-refractivity contribution in [1.82, 2.24) is 10.2 Å². The number of amides is 3. The molecule has 0 aromatic heterocycles. The first kappa shape index (κ1) is 34.2. The number of phenols is 1. The predicted molar refractivity (Wildman–Crippen MR) is 175 cm³/mol. The number of hydrogen-bond acceptors (Lipinski definition) is 5. The molecule has 3 aromatic rings. The fourth-order valence-electron chi connectivity index (χ4n) is 5.04. The number of phenolic OH excluding ortho intramolecular Hbond substituents is 1. The molecule has 3 N–H and O–H groups in total. The van der Waals surface area contributed by atoms with Gasteiger partial charge in [-0.2, -0.15) is 0 Å². The molecule has 8 heteroatoms. The van der Waals surface area contributed by atoms with E-state index >= 15 is 0 Å². The van der Waals surface area contributed by atoms with Gasteiger partial charge in [-0.15, -0.1) is 0 Å². The second kappa shape index (κ2) is 15.9. The summed E-state index contributed by atoms with van der Waals surface area (Å²) in [5.41, 5.74) is 2.45. The number of nitrogens with zero attached hydrogens (tertiary/aromatic N) is 1. The summed E-state index contributed by atoms with van der Waals surface area (Å²) in [4.78, 5) is 43.4. The average molecular weight is 602 g/mol. The third kappa shape index (κ3) is 9.86. The van der Waals surface area contributed by atoms with Crippen LogP contribution >= 0.6 is 0 Å². The van der Waals surface area contributed by atoms with Crippen LogP contribution in [-0.4, -0.2) is 46.1 Å². The number of carbonyl (C=O) groups excluding carboxylic acids is 3. The molecular formula is C36H47N3O5. The quantitative estimate of drug-likeness (QED) is 0.179. The van der Waals surface area contributed by atoms with Gasteiger partial charge in [0.15, 0.2) is 0 Å². The standard InChI is InChI=1S/C36H47N3O5/c1-7-8-9-15-23-39(34(42)30(24-27-19-11-10-12-20-27)38-35(43)44-36(4,5)6)31(28-21-16-18-26(3)32(28)40)33(41)37-29-22-14-13-17-25(29)2/h10-14,16-22,30-31,40H,7-9,15,23-24H2,1-6H3,(H,37,41)(H,38,43). The third-order valence-corrected chi connectivity index (χ3v) is 7.33. The van der Waals surface area contributed by atoms with Gasteiger partial charge in [-0.25, -0.2) is 4.79 Å². The van der Waals surface area contributed by atoms with Crippen molar-refractivity contribution in [1.29, 1.82) is 0 Å². The second-order valence-electron chi connectivity index (χ2n) is 12.2. The molecule has 0 heterocycles. The topological polar surface area (TPSA) is 108 Å². The van der Waals surface area contributed by atoms with Crippen LogP contribution in [0, 0.1) is 13.8 Å². The van der Waals surface area contributed by atoms with E-state index in [0.29, 0.717) is 23.2 Å². The molecule has 0 radical (unpaired) electrons. The number of carbonyl (C=O) groups is 3. The molecule has 0 spiro atoms. The number of hydrogen-bond donors (Lipinski definition) is 3. The lowest BCUT2D eigenvalue weighted by atomic mass is 9.97. The van der Waals surface area contributed by atoms with Gasteiger partial charge in [0, 0.05) is 24.2 Å². The first-order valence-corrected chi connectivity index (χ1v) is 15.4. The van der Waals surface area contributed by atoms with Crippen LogP contribution in [0.15, 0.2) is 72.8 Å². The van der Waals surface area contributed by atoms with Gasteiger partial charge in [0.2, 0.25) is 5.91 Å². The van der Waals surface area contributed by atoms with Crippen LogP contribution in [0.2, 0.25) is 0 Å². The van der Waals surface area contributed by atoms with Crippen LogP contribution in [0.1, 0.15) is 81.7 Å². The molecule has 44 heavy (non-hydrogen) atoms. The number of aromatic hydroxyl groups is 1. The van der Waals surface area contributed by atoms with Gasteiger partial charge < -0.3 is 25.4 Å². The van der Waals surface area contributed by atoms with Crippen LogP contribution in [0.5, 0.6) is 5.75 Å². The van der Waals surface area contributed by atoms with Crippen LogP contribution < -0.4 is 10.6 Å². The highest BCUT2D eigenvalue weighted by Crippen LogP contribution is 2.34. The van der Waals surface area contributed by atoms with Gasteiger partial charge in [0.05, 0.1) is 0 Å². The molecule has 3 rings (SSSR count). The summed E-state index contributed by atoms with van der Waals surface area (Å²) < 4.78 is 5.53. The zero-order chi connectivity index (χ0) is 32.3. The maximum atomic E-state index is 14.6. The lowest BCUT2D eigenvalue weighted by molar-refractivity contribution is -0.141. The largest absolute Gasteiger partial charge is 0.507 e.